The standard InChI is InChI=1S/C20H15F2NO5S/c1-27-16-9-12(7-8-15(16)28-19(21)22)10-17-18(25)23(20(26)29-17)11-14(24)13-5-3-2-4-6-13/h2-10,19H,11H2,1H3/b17-10-. The number of hydrogen-bond donors (Lipinski definition) is 0. The van der Waals surface area contributed by atoms with Crippen molar-refractivity contribution >= 4 is 34.8 Å². The Labute approximate surface area is 169 Å². The topological polar surface area (TPSA) is 72.9 Å². The summed E-state index contributed by atoms with van der Waals surface area (Å²) in [6, 6.07) is 12.5. The summed E-state index contributed by atoms with van der Waals surface area (Å²) in [6.07, 6.45) is 1.42. The van der Waals surface area contributed by atoms with Gasteiger partial charge in [0.2, 0.25) is 0 Å². The largest absolute Gasteiger partial charge is 0.493 e. The van der Waals surface area contributed by atoms with Crippen molar-refractivity contribution in [3.05, 3.63) is 64.6 Å². The molecule has 0 radical (unpaired) electrons. The molecule has 9 heteroatoms. The van der Waals surface area contributed by atoms with Gasteiger partial charge in [-0.25, -0.2) is 0 Å². The second-order valence-corrected chi connectivity index (χ2v) is 6.84. The number of benzene rings is 2. The third-order valence-corrected chi connectivity index (χ3v) is 4.88. The molecule has 1 saturated heterocycles. The van der Waals surface area contributed by atoms with Crippen LogP contribution in [0.25, 0.3) is 6.08 Å². The summed E-state index contributed by atoms with van der Waals surface area (Å²) in [5.41, 5.74) is 0.846. The summed E-state index contributed by atoms with van der Waals surface area (Å²) in [5.74, 6) is -1.06. The van der Waals surface area contributed by atoms with Crippen LogP contribution < -0.4 is 9.47 Å². The number of halogens is 2. The van der Waals surface area contributed by atoms with E-state index in [1.807, 2.05) is 0 Å². The minimum absolute atomic E-state index is 0.0533. The van der Waals surface area contributed by atoms with Crippen LogP contribution in [0.5, 0.6) is 11.5 Å². The van der Waals surface area contributed by atoms with Gasteiger partial charge in [0, 0.05) is 5.56 Å². The third kappa shape index (κ3) is 4.80. The quantitative estimate of drug-likeness (QED) is 0.494. The molecule has 0 bridgehead atoms. The zero-order valence-electron chi connectivity index (χ0n) is 15.1. The summed E-state index contributed by atoms with van der Waals surface area (Å²) in [6.45, 7) is -3.37. The van der Waals surface area contributed by atoms with Gasteiger partial charge in [-0.1, -0.05) is 36.4 Å². The molecule has 2 aromatic carbocycles. The first kappa shape index (κ1) is 20.5. The van der Waals surface area contributed by atoms with Gasteiger partial charge in [0.05, 0.1) is 18.6 Å². The number of nitrogens with zero attached hydrogens (tertiary/aromatic N) is 1. The number of Topliss-reactive ketones (excluding diaryl/α,β-unsaturated/α-hetero) is 1. The van der Waals surface area contributed by atoms with Crippen LogP contribution in [0.1, 0.15) is 15.9 Å². The van der Waals surface area contributed by atoms with Crippen LogP contribution in [0, 0.1) is 0 Å². The second-order valence-electron chi connectivity index (χ2n) is 5.85. The fraction of sp³-hybridized carbons (Fsp3) is 0.150. The normalized spacial score (nSPS) is 15.3. The molecule has 0 N–H and O–H groups in total. The Morgan fingerprint density at radius 2 is 1.86 bits per heavy atom. The summed E-state index contributed by atoms with van der Waals surface area (Å²) < 4.78 is 34.2. The van der Waals surface area contributed by atoms with Crippen LogP contribution >= 0.6 is 11.8 Å². The average Bonchev–Trinajstić information content (AvgIpc) is 2.96. The minimum atomic E-state index is -3.01. The molecular weight excluding hydrogens is 404 g/mol. The fourth-order valence-corrected chi connectivity index (χ4v) is 3.45. The number of methoxy groups -OCH3 is 1. The lowest BCUT2D eigenvalue weighted by atomic mass is 10.1. The van der Waals surface area contributed by atoms with Crippen LogP contribution in [-0.4, -0.2) is 42.1 Å². The molecule has 3 rings (SSSR count). The Balaban J connectivity index is 1.78. The smallest absolute Gasteiger partial charge is 0.387 e. The molecule has 0 atom stereocenters. The molecule has 1 heterocycles. The van der Waals surface area contributed by atoms with E-state index in [9.17, 15) is 23.2 Å². The molecule has 0 unspecified atom stereocenters. The molecule has 2 aromatic rings. The maximum atomic E-state index is 12.6. The van der Waals surface area contributed by atoms with E-state index in [0.717, 1.165) is 4.90 Å². The van der Waals surface area contributed by atoms with Crippen LogP contribution in [0.3, 0.4) is 0 Å². The molecule has 0 aromatic heterocycles. The van der Waals surface area contributed by atoms with Gasteiger partial charge in [-0.2, -0.15) is 8.78 Å². The molecule has 1 aliphatic rings. The number of carbonyl (C=O) groups is 3. The molecule has 0 spiro atoms. The molecule has 1 fully saturated rings. The molecule has 150 valence electrons. The number of thioether (sulfide) groups is 1. The van der Waals surface area contributed by atoms with E-state index in [-0.39, 0.29) is 28.7 Å². The number of amides is 2. The van der Waals surface area contributed by atoms with Gasteiger partial charge in [0.1, 0.15) is 0 Å². The zero-order chi connectivity index (χ0) is 21.0. The number of alkyl halides is 2. The molecule has 0 saturated carbocycles. The predicted molar refractivity (Wildman–Crippen MR) is 103 cm³/mol. The average molecular weight is 419 g/mol. The molecule has 2 amide bonds. The first-order valence-corrected chi connectivity index (χ1v) is 9.17. The Hall–Kier alpha value is -3.20. The van der Waals surface area contributed by atoms with Crippen LogP contribution in [0.15, 0.2) is 53.4 Å². The zero-order valence-corrected chi connectivity index (χ0v) is 15.9. The lowest BCUT2D eigenvalue weighted by Gasteiger charge is -2.11. The van der Waals surface area contributed by atoms with E-state index in [1.54, 1.807) is 30.3 Å². The third-order valence-electron chi connectivity index (χ3n) is 3.97. The van der Waals surface area contributed by atoms with Gasteiger partial charge in [0.15, 0.2) is 17.3 Å². The van der Waals surface area contributed by atoms with Crippen LogP contribution in [-0.2, 0) is 4.79 Å². The SMILES string of the molecule is COc1cc(/C=C2\SC(=O)N(CC(=O)c3ccccc3)C2=O)ccc1OC(F)F. The molecule has 1 aliphatic heterocycles. The van der Waals surface area contributed by atoms with E-state index in [0.29, 0.717) is 22.9 Å². The van der Waals surface area contributed by atoms with E-state index in [2.05, 4.69) is 4.74 Å². The second kappa shape index (κ2) is 8.87. The highest BCUT2D eigenvalue weighted by molar-refractivity contribution is 8.18. The highest BCUT2D eigenvalue weighted by Gasteiger charge is 2.36. The summed E-state index contributed by atoms with van der Waals surface area (Å²) >= 11 is 0.696. The molecule has 6 nitrogen and oxygen atoms in total. The van der Waals surface area contributed by atoms with E-state index in [4.69, 9.17) is 4.74 Å². The van der Waals surface area contributed by atoms with Gasteiger partial charge in [-0.15, -0.1) is 0 Å². The number of rotatable bonds is 7. The van der Waals surface area contributed by atoms with Gasteiger partial charge in [0.25, 0.3) is 11.1 Å². The van der Waals surface area contributed by atoms with Crippen molar-refractivity contribution in [2.45, 2.75) is 6.61 Å². The molecular formula is C20H15F2NO5S. The lowest BCUT2D eigenvalue weighted by Crippen LogP contribution is -2.33. The van der Waals surface area contributed by atoms with E-state index < -0.39 is 17.8 Å². The number of ketones is 1. The van der Waals surface area contributed by atoms with Crippen molar-refractivity contribution in [2.75, 3.05) is 13.7 Å². The van der Waals surface area contributed by atoms with Crippen molar-refractivity contribution in [1.29, 1.82) is 0 Å². The van der Waals surface area contributed by atoms with Crippen molar-refractivity contribution in [3.63, 3.8) is 0 Å². The van der Waals surface area contributed by atoms with Gasteiger partial charge < -0.3 is 9.47 Å². The highest BCUT2D eigenvalue weighted by Crippen LogP contribution is 2.35. The molecule has 0 aliphatic carbocycles. The maximum Gasteiger partial charge on any atom is 0.387 e. The summed E-state index contributed by atoms with van der Waals surface area (Å²) in [7, 11) is 1.29. The minimum Gasteiger partial charge on any atom is -0.493 e. The van der Waals surface area contributed by atoms with Crippen molar-refractivity contribution in [3.8, 4) is 11.5 Å². The Morgan fingerprint density at radius 1 is 1.14 bits per heavy atom. The van der Waals surface area contributed by atoms with E-state index >= 15 is 0 Å². The monoisotopic (exact) mass is 419 g/mol. The first-order valence-electron chi connectivity index (χ1n) is 8.35. The number of imide groups is 1. The Bertz CT molecular complexity index is 978. The molecule has 29 heavy (non-hydrogen) atoms. The summed E-state index contributed by atoms with van der Waals surface area (Å²) in [5, 5.41) is -0.560. The Kier molecular flexibility index (Phi) is 6.28. The highest BCUT2D eigenvalue weighted by atomic mass is 32.2. The number of ether oxygens (including phenoxy) is 2. The van der Waals surface area contributed by atoms with Gasteiger partial charge in [-0.05, 0) is 35.5 Å². The van der Waals surface area contributed by atoms with Gasteiger partial charge in [-0.3, -0.25) is 19.3 Å². The Morgan fingerprint density at radius 3 is 2.52 bits per heavy atom. The van der Waals surface area contributed by atoms with Gasteiger partial charge >= 0.3 is 6.61 Å². The fourth-order valence-electron chi connectivity index (χ4n) is 2.61. The van der Waals surface area contributed by atoms with E-state index in [1.165, 1.54) is 31.4 Å². The number of carbonyl (C=O) groups excluding carboxylic acids is 3. The van der Waals surface area contributed by atoms with Crippen LogP contribution in [0.2, 0.25) is 0 Å². The maximum absolute atomic E-state index is 12.6. The van der Waals surface area contributed by atoms with Crippen molar-refractivity contribution in [1.82, 2.24) is 4.90 Å². The predicted octanol–water partition coefficient (Wildman–Crippen LogP) is 4.22. The summed E-state index contributed by atoms with van der Waals surface area (Å²) in [4.78, 5) is 38.0. The van der Waals surface area contributed by atoms with Crippen molar-refractivity contribution in [2.24, 2.45) is 0 Å². The van der Waals surface area contributed by atoms with Crippen molar-refractivity contribution < 1.29 is 32.6 Å². The number of hydrogen-bond acceptors (Lipinski definition) is 6. The first-order chi connectivity index (χ1) is 13.9. The van der Waals surface area contributed by atoms with Crippen LogP contribution in [0.4, 0.5) is 13.6 Å². The lowest BCUT2D eigenvalue weighted by molar-refractivity contribution is -0.122.